The van der Waals surface area contributed by atoms with E-state index in [1.165, 1.54) is 6.08 Å². The molecule has 0 amide bonds. The molecule has 2 rings (SSSR count). The lowest BCUT2D eigenvalue weighted by atomic mass is 9.98. The summed E-state index contributed by atoms with van der Waals surface area (Å²) in [6, 6.07) is 3.89. The summed E-state index contributed by atoms with van der Waals surface area (Å²) in [5, 5.41) is 0. The zero-order valence-electron chi connectivity index (χ0n) is 14.4. The third-order valence-electron chi connectivity index (χ3n) is 3.99. The summed E-state index contributed by atoms with van der Waals surface area (Å²) in [7, 11) is 0. The molecular formula is C20H23FO3. The van der Waals surface area contributed by atoms with E-state index in [9.17, 15) is 14.0 Å². The monoisotopic (exact) mass is 330 g/mol. The van der Waals surface area contributed by atoms with Gasteiger partial charge in [0.15, 0.2) is 11.6 Å². The summed E-state index contributed by atoms with van der Waals surface area (Å²) in [6.45, 7) is 5.55. The first-order chi connectivity index (χ1) is 11.4. The molecule has 0 saturated heterocycles. The minimum atomic E-state index is -0.744. The van der Waals surface area contributed by atoms with Crippen molar-refractivity contribution in [1.29, 1.82) is 0 Å². The Kier molecular flexibility index (Phi) is 6.07. The standard InChI is InChI=1S/C20H23FO3/c1-13-11-14(2)19-16(12-13)7-5-4-6-8-18(22)17(21)10-9-15(3)24-20(19)23/h5,7,10-12,15H,4,6,8-9H2,1-3H3/b7-5+,17-10+/t15-/m0/s1. The first-order valence-electron chi connectivity index (χ1n) is 8.26. The highest BCUT2D eigenvalue weighted by Gasteiger charge is 2.18. The molecule has 0 spiro atoms. The van der Waals surface area contributed by atoms with E-state index in [4.69, 9.17) is 4.74 Å². The van der Waals surface area contributed by atoms with Gasteiger partial charge in [-0.15, -0.1) is 0 Å². The number of carbonyl (C=O) groups is 2. The molecule has 0 N–H and O–H groups in total. The van der Waals surface area contributed by atoms with E-state index in [1.54, 1.807) is 6.92 Å². The fourth-order valence-electron chi connectivity index (χ4n) is 2.79. The summed E-state index contributed by atoms with van der Waals surface area (Å²) in [5.41, 5.74) is 3.28. The number of ether oxygens (including phenoxy) is 1. The molecule has 0 radical (unpaired) electrons. The number of hydrogen-bond acceptors (Lipinski definition) is 3. The van der Waals surface area contributed by atoms with Crippen molar-refractivity contribution in [2.75, 3.05) is 0 Å². The Morgan fingerprint density at radius 1 is 1.21 bits per heavy atom. The quantitative estimate of drug-likeness (QED) is 0.638. The topological polar surface area (TPSA) is 43.4 Å². The Bertz CT molecular complexity index is 701. The zero-order chi connectivity index (χ0) is 17.7. The second-order valence-corrected chi connectivity index (χ2v) is 6.27. The van der Waals surface area contributed by atoms with Crippen molar-refractivity contribution >= 4 is 17.8 Å². The highest BCUT2D eigenvalue weighted by atomic mass is 19.1. The average molecular weight is 330 g/mol. The molecule has 0 saturated carbocycles. The molecule has 3 nitrogen and oxygen atoms in total. The largest absolute Gasteiger partial charge is 0.459 e. The van der Waals surface area contributed by atoms with E-state index in [2.05, 4.69) is 0 Å². The second-order valence-electron chi connectivity index (χ2n) is 6.27. The maximum atomic E-state index is 13.7. The van der Waals surface area contributed by atoms with Crippen LogP contribution in [0.3, 0.4) is 0 Å². The Morgan fingerprint density at radius 2 is 1.96 bits per heavy atom. The Hall–Kier alpha value is -2.23. The molecule has 1 atom stereocenters. The molecule has 1 aliphatic rings. The molecule has 0 fully saturated rings. The number of hydrogen-bond donors (Lipinski definition) is 0. The molecular weight excluding hydrogens is 307 g/mol. The maximum Gasteiger partial charge on any atom is 0.339 e. The van der Waals surface area contributed by atoms with Gasteiger partial charge < -0.3 is 4.74 Å². The highest BCUT2D eigenvalue weighted by molar-refractivity contribution is 5.95. The van der Waals surface area contributed by atoms with Gasteiger partial charge in [-0.05, 0) is 50.8 Å². The van der Waals surface area contributed by atoms with Crippen molar-refractivity contribution in [3.05, 3.63) is 52.4 Å². The number of allylic oxidation sites excluding steroid dienone is 2. The molecule has 1 aromatic rings. The molecule has 1 aliphatic heterocycles. The van der Waals surface area contributed by atoms with Gasteiger partial charge in [0.1, 0.15) is 6.10 Å². The number of cyclic esters (lactones) is 1. The normalized spacial score (nSPS) is 23.5. The average Bonchev–Trinajstić information content (AvgIpc) is 2.50. The smallest absolute Gasteiger partial charge is 0.339 e. The van der Waals surface area contributed by atoms with Crippen LogP contribution in [-0.4, -0.2) is 17.9 Å². The molecule has 0 unspecified atom stereocenters. The predicted molar refractivity (Wildman–Crippen MR) is 92.5 cm³/mol. The van der Waals surface area contributed by atoms with Gasteiger partial charge >= 0.3 is 5.97 Å². The highest BCUT2D eigenvalue weighted by Crippen LogP contribution is 2.22. The fourth-order valence-corrected chi connectivity index (χ4v) is 2.79. The zero-order valence-corrected chi connectivity index (χ0v) is 14.4. The Balaban J connectivity index is 2.38. The molecule has 1 heterocycles. The Morgan fingerprint density at radius 3 is 2.71 bits per heavy atom. The minimum Gasteiger partial charge on any atom is -0.459 e. The van der Waals surface area contributed by atoms with Gasteiger partial charge in [-0.1, -0.05) is 29.8 Å². The van der Waals surface area contributed by atoms with Crippen molar-refractivity contribution in [1.82, 2.24) is 0 Å². The summed E-state index contributed by atoms with van der Waals surface area (Å²) in [4.78, 5) is 24.2. The van der Waals surface area contributed by atoms with Gasteiger partial charge in [-0.25, -0.2) is 9.18 Å². The van der Waals surface area contributed by atoms with Crippen molar-refractivity contribution in [2.45, 2.75) is 52.6 Å². The van der Waals surface area contributed by atoms with Gasteiger partial charge in [0.05, 0.1) is 5.56 Å². The Labute approximate surface area is 142 Å². The molecule has 24 heavy (non-hydrogen) atoms. The third kappa shape index (κ3) is 4.63. The van der Waals surface area contributed by atoms with Crippen molar-refractivity contribution in [3.63, 3.8) is 0 Å². The number of esters is 1. The van der Waals surface area contributed by atoms with Gasteiger partial charge in [0.25, 0.3) is 0 Å². The van der Waals surface area contributed by atoms with E-state index >= 15 is 0 Å². The second kappa shape index (κ2) is 8.04. The molecule has 4 heteroatoms. The number of carbonyl (C=O) groups excluding carboxylic acids is 2. The van der Waals surface area contributed by atoms with E-state index < -0.39 is 23.7 Å². The van der Waals surface area contributed by atoms with Crippen LogP contribution in [0.1, 0.15) is 59.7 Å². The van der Waals surface area contributed by atoms with Crippen LogP contribution in [-0.2, 0) is 9.53 Å². The van der Waals surface area contributed by atoms with Crippen LogP contribution in [0.2, 0.25) is 0 Å². The number of aryl methyl sites for hydroxylation is 2. The predicted octanol–water partition coefficient (Wildman–Crippen LogP) is 4.86. The summed E-state index contributed by atoms with van der Waals surface area (Å²) in [5.74, 6) is -1.66. The van der Waals surface area contributed by atoms with E-state index in [-0.39, 0.29) is 12.8 Å². The van der Waals surface area contributed by atoms with Gasteiger partial charge in [0.2, 0.25) is 0 Å². The number of halogens is 1. The number of Topliss-reactive ketones (excluding diaryl/α,β-unsaturated/α-hetero) is 1. The van der Waals surface area contributed by atoms with E-state index in [1.807, 2.05) is 38.1 Å². The lowest BCUT2D eigenvalue weighted by Gasteiger charge is -2.15. The molecule has 128 valence electrons. The molecule has 1 aromatic carbocycles. The number of fused-ring (bicyclic) bond motifs is 1. The van der Waals surface area contributed by atoms with Crippen molar-refractivity contribution in [3.8, 4) is 0 Å². The molecule has 0 aliphatic carbocycles. The maximum absolute atomic E-state index is 13.7. The molecule has 0 aromatic heterocycles. The summed E-state index contributed by atoms with van der Waals surface area (Å²) < 4.78 is 19.1. The summed E-state index contributed by atoms with van der Waals surface area (Å²) in [6.07, 6.45) is 6.09. The SMILES string of the molecule is Cc1cc(C)c2c(c1)/C=C/CCCC(=O)/C(F)=C\C[C@H](C)OC2=O. The first-order valence-corrected chi connectivity index (χ1v) is 8.26. The number of rotatable bonds is 0. The summed E-state index contributed by atoms with van der Waals surface area (Å²) >= 11 is 0. The molecule has 0 bridgehead atoms. The van der Waals surface area contributed by atoms with Crippen LogP contribution in [0.25, 0.3) is 6.08 Å². The van der Waals surface area contributed by atoms with Crippen LogP contribution in [0.15, 0.2) is 30.1 Å². The first kappa shape index (κ1) is 18.1. The van der Waals surface area contributed by atoms with Crippen LogP contribution in [0, 0.1) is 13.8 Å². The van der Waals surface area contributed by atoms with Gasteiger partial charge in [0, 0.05) is 12.8 Å². The number of ketones is 1. The van der Waals surface area contributed by atoms with Gasteiger partial charge in [-0.2, -0.15) is 0 Å². The third-order valence-corrected chi connectivity index (χ3v) is 3.99. The van der Waals surface area contributed by atoms with Crippen molar-refractivity contribution in [2.24, 2.45) is 0 Å². The van der Waals surface area contributed by atoms with Gasteiger partial charge in [-0.3, -0.25) is 4.79 Å². The minimum absolute atomic E-state index is 0.180. The van der Waals surface area contributed by atoms with E-state index in [0.29, 0.717) is 18.4 Å². The lowest BCUT2D eigenvalue weighted by molar-refractivity contribution is -0.117. The van der Waals surface area contributed by atoms with E-state index in [0.717, 1.165) is 16.7 Å². The fraction of sp³-hybridized carbons (Fsp3) is 0.400. The lowest BCUT2D eigenvalue weighted by Crippen LogP contribution is -2.17. The van der Waals surface area contributed by atoms with Crippen LogP contribution < -0.4 is 0 Å². The van der Waals surface area contributed by atoms with Crippen LogP contribution in [0.4, 0.5) is 4.39 Å². The number of benzene rings is 1. The van der Waals surface area contributed by atoms with Crippen LogP contribution >= 0.6 is 0 Å². The van der Waals surface area contributed by atoms with Crippen LogP contribution in [0.5, 0.6) is 0 Å². The van der Waals surface area contributed by atoms with Crippen molar-refractivity contribution < 1.29 is 18.7 Å².